The van der Waals surface area contributed by atoms with E-state index in [4.69, 9.17) is 4.74 Å². The van der Waals surface area contributed by atoms with Crippen LogP contribution < -0.4 is 9.04 Å². The molecule has 1 unspecified atom stereocenters. The number of carbonyl (C=O) groups is 1. The Bertz CT molecular complexity index is 989. The summed E-state index contributed by atoms with van der Waals surface area (Å²) < 4.78 is 33.8. The topological polar surface area (TPSA) is 66.9 Å². The minimum Gasteiger partial charge on any atom is -0.496 e. The number of ether oxygens (including phenoxy) is 1. The van der Waals surface area contributed by atoms with Crippen molar-refractivity contribution in [2.45, 2.75) is 16.7 Å². The third-order valence-electron chi connectivity index (χ3n) is 4.53. The van der Waals surface area contributed by atoms with Crippen LogP contribution in [0.3, 0.4) is 0 Å². The molecule has 2 aromatic rings. The van der Waals surface area contributed by atoms with Gasteiger partial charge in [-0.1, -0.05) is 19.1 Å². The number of methoxy groups -OCH3 is 1. The number of anilines is 1. The molecular formula is C20H24N2O4S2. The first-order valence-corrected chi connectivity index (χ1v) is 11.3. The van der Waals surface area contributed by atoms with Crippen LogP contribution in [-0.4, -0.2) is 52.7 Å². The fourth-order valence-electron chi connectivity index (χ4n) is 3.06. The third-order valence-corrected chi connectivity index (χ3v) is 7.70. The Morgan fingerprint density at radius 3 is 2.61 bits per heavy atom. The summed E-state index contributed by atoms with van der Waals surface area (Å²) in [5, 5.41) is 0. The Kier molecular flexibility index (Phi) is 5.90. The minimum absolute atomic E-state index is 0.0763. The largest absolute Gasteiger partial charge is 0.496 e. The molecule has 28 heavy (non-hydrogen) atoms. The van der Waals surface area contributed by atoms with Crippen molar-refractivity contribution in [1.29, 1.82) is 0 Å². The van der Waals surface area contributed by atoms with Crippen molar-refractivity contribution in [1.82, 2.24) is 4.90 Å². The van der Waals surface area contributed by atoms with Crippen LogP contribution in [0, 0.1) is 5.92 Å². The molecule has 0 spiro atoms. The standard InChI is InChI=1S/C20H24N2O4S2/c1-14-12-22(17-7-5-6-8-19(17)27-13-14)28(24,25)15-9-10-18(26-4)16(11-15)20(23)21(2)3/h5-11,14H,12-13H2,1-4H3. The normalized spacial score (nSPS) is 16.9. The van der Waals surface area contributed by atoms with E-state index in [2.05, 4.69) is 0 Å². The van der Waals surface area contributed by atoms with Crippen molar-refractivity contribution in [3.8, 4) is 5.75 Å². The van der Waals surface area contributed by atoms with E-state index in [1.54, 1.807) is 25.9 Å². The molecule has 3 rings (SSSR count). The number of sulfonamides is 1. The number of rotatable bonds is 4. The number of hydrogen-bond acceptors (Lipinski definition) is 5. The van der Waals surface area contributed by atoms with E-state index in [0.717, 1.165) is 10.6 Å². The lowest BCUT2D eigenvalue weighted by atomic mass is 10.2. The van der Waals surface area contributed by atoms with Crippen LogP contribution in [0.4, 0.5) is 5.69 Å². The Morgan fingerprint density at radius 1 is 1.21 bits per heavy atom. The molecule has 1 atom stereocenters. The van der Waals surface area contributed by atoms with Gasteiger partial charge in [-0.15, -0.1) is 11.8 Å². The molecule has 1 aliphatic rings. The van der Waals surface area contributed by atoms with Gasteiger partial charge in [0.05, 0.1) is 23.3 Å². The highest BCUT2D eigenvalue weighted by molar-refractivity contribution is 7.99. The first kappa shape index (κ1) is 20.5. The zero-order chi connectivity index (χ0) is 20.5. The summed E-state index contributed by atoms with van der Waals surface area (Å²) in [4.78, 5) is 14.9. The van der Waals surface area contributed by atoms with Crippen LogP contribution in [0.5, 0.6) is 5.75 Å². The second kappa shape index (κ2) is 8.05. The zero-order valence-electron chi connectivity index (χ0n) is 16.4. The van der Waals surface area contributed by atoms with Crippen LogP contribution in [0.25, 0.3) is 0 Å². The molecule has 0 N–H and O–H groups in total. The van der Waals surface area contributed by atoms with E-state index in [1.165, 1.54) is 34.5 Å². The molecule has 0 fully saturated rings. The van der Waals surface area contributed by atoms with Gasteiger partial charge in [0, 0.05) is 31.3 Å². The molecule has 0 saturated carbocycles. The third kappa shape index (κ3) is 3.84. The van der Waals surface area contributed by atoms with Gasteiger partial charge in [-0.05, 0) is 36.2 Å². The predicted molar refractivity (Wildman–Crippen MR) is 112 cm³/mol. The van der Waals surface area contributed by atoms with Gasteiger partial charge in [0.15, 0.2) is 0 Å². The zero-order valence-corrected chi connectivity index (χ0v) is 18.0. The van der Waals surface area contributed by atoms with E-state index >= 15 is 0 Å². The molecule has 0 aromatic heterocycles. The van der Waals surface area contributed by atoms with Crippen LogP contribution >= 0.6 is 11.8 Å². The van der Waals surface area contributed by atoms with Gasteiger partial charge in [-0.3, -0.25) is 9.10 Å². The molecule has 0 aliphatic carbocycles. The maximum atomic E-state index is 13.5. The highest BCUT2D eigenvalue weighted by Gasteiger charge is 2.31. The molecule has 0 saturated heterocycles. The fraction of sp³-hybridized carbons (Fsp3) is 0.350. The summed E-state index contributed by atoms with van der Waals surface area (Å²) in [5.74, 6) is 1.07. The Morgan fingerprint density at radius 2 is 1.93 bits per heavy atom. The Labute approximate surface area is 170 Å². The first-order valence-electron chi connectivity index (χ1n) is 8.90. The predicted octanol–water partition coefficient (Wildman–Crippen LogP) is 3.33. The maximum absolute atomic E-state index is 13.5. The second-order valence-corrected chi connectivity index (χ2v) is 9.91. The minimum atomic E-state index is -3.84. The van der Waals surface area contributed by atoms with Gasteiger partial charge in [0.1, 0.15) is 5.75 Å². The molecule has 8 heteroatoms. The lowest BCUT2D eigenvalue weighted by Gasteiger charge is -2.26. The van der Waals surface area contributed by atoms with Gasteiger partial charge < -0.3 is 9.64 Å². The van der Waals surface area contributed by atoms with Gasteiger partial charge in [0.2, 0.25) is 0 Å². The van der Waals surface area contributed by atoms with Crippen LogP contribution in [-0.2, 0) is 10.0 Å². The van der Waals surface area contributed by atoms with E-state index in [1.807, 2.05) is 31.2 Å². The number of carbonyl (C=O) groups excluding carboxylic acids is 1. The summed E-state index contributed by atoms with van der Waals surface area (Å²) in [6, 6.07) is 11.9. The lowest BCUT2D eigenvalue weighted by Crippen LogP contribution is -2.35. The van der Waals surface area contributed by atoms with Crippen molar-refractivity contribution in [3.63, 3.8) is 0 Å². The monoisotopic (exact) mass is 420 g/mol. The summed E-state index contributed by atoms with van der Waals surface area (Å²) in [7, 11) is 0.849. The molecule has 1 heterocycles. The molecule has 2 aromatic carbocycles. The average Bonchev–Trinajstić information content (AvgIpc) is 2.86. The van der Waals surface area contributed by atoms with Gasteiger partial charge >= 0.3 is 0 Å². The summed E-state index contributed by atoms with van der Waals surface area (Å²) in [6.45, 7) is 2.42. The van der Waals surface area contributed by atoms with Crippen LogP contribution in [0.2, 0.25) is 0 Å². The van der Waals surface area contributed by atoms with Gasteiger partial charge in [-0.25, -0.2) is 8.42 Å². The first-order chi connectivity index (χ1) is 13.3. The summed E-state index contributed by atoms with van der Waals surface area (Å²) in [6.07, 6.45) is 0. The van der Waals surface area contributed by atoms with Crippen molar-refractivity contribution in [2.75, 3.05) is 37.8 Å². The van der Waals surface area contributed by atoms with Gasteiger partial charge in [-0.2, -0.15) is 0 Å². The van der Waals surface area contributed by atoms with Crippen LogP contribution in [0.1, 0.15) is 17.3 Å². The molecule has 1 aliphatic heterocycles. The van der Waals surface area contributed by atoms with E-state index in [0.29, 0.717) is 18.0 Å². The number of thioether (sulfide) groups is 1. The Hall–Kier alpha value is -2.19. The molecule has 1 amide bonds. The Balaban J connectivity index is 2.12. The van der Waals surface area contributed by atoms with Crippen molar-refractivity contribution < 1.29 is 17.9 Å². The quantitative estimate of drug-likeness (QED) is 0.759. The number of amides is 1. The van der Waals surface area contributed by atoms with Crippen molar-refractivity contribution in [3.05, 3.63) is 48.0 Å². The van der Waals surface area contributed by atoms with E-state index in [-0.39, 0.29) is 22.3 Å². The van der Waals surface area contributed by atoms with E-state index in [9.17, 15) is 13.2 Å². The SMILES string of the molecule is COc1ccc(S(=O)(=O)N2CC(C)CSc3ccccc32)cc1C(=O)N(C)C. The van der Waals surface area contributed by atoms with Gasteiger partial charge in [0.25, 0.3) is 15.9 Å². The number of hydrogen-bond donors (Lipinski definition) is 0. The highest BCUT2D eigenvalue weighted by Crippen LogP contribution is 2.38. The molecular weight excluding hydrogens is 396 g/mol. The summed E-state index contributed by atoms with van der Waals surface area (Å²) >= 11 is 1.66. The van der Waals surface area contributed by atoms with Crippen LogP contribution in [0.15, 0.2) is 52.3 Å². The van der Waals surface area contributed by atoms with Crippen molar-refractivity contribution >= 4 is 33.4 Å². The molecule has 150 valence electrons. The lowest BCUT2D eigenvalue weighted by molar-refractivity contribution is 0.0824. The average molecular weight is 421 g/mol. The van der Waals surface area contributed by atoms with Crippen molar-refractivity contribution in [2.24, 2.45) is 5.92 Å². The highest BCUT2D eigenvalue weighted by atomic mass is 32.2. The number of para-hydroxylation sites is 1. The summed E-state index contributed by atoms with van der Waals surface area (Å²) in [5.41, 5.74) is 0.896. The molecule has 6 nitrogen and oxygen atoms in total. The number of nitrogens with zero attached hydrogens (tertiary/aromatic N) is 2. The molecule has 0 bridgehead atoms. The number of benzene rings is 2. The second-order valence-electron chi connectivity index (χ2n) is 6.98. The smallest absolute Gasteiger partial charge is 0.264 e. The fourth-order valence-corrected chi connectivity index (χ4v) is 5.82. The van der Waals surface area contributed by atoms with E-state index < -0.39 is 10.0 Å². The molecule has 0 radical (unpaired) electrons. The maximum Gasteiger partial charge on any atom is 0.264 e. The number of fused-ring (bicyclic) bond motifs is 1.